The van der Waals surface area contributed by atoms with E-state index in [4.69, 9.17) is 0 Å². The van der Waals surface area contributed by atoms with E-state index in [1.807, 2.05) is 0 Å². The summed E-state index contributed by atoms with van der Waals surface area (Å²) in [6.07, 6.45) is 0. The van der Waals surface area contributed by atoms with Gasteiger partial charge in [0.2, 0.25) is 0 Å². The maximum Gasteiger partial charge on any atom is 0.0558 e. The number of aryl methyl sites for hydroxylation is 4. The van der Waals surface area contributed by atoms with Crippen molar-refractivity contribution in [1.29, 1.82) is 0 Å². The fraction of sp³-hybridized carbons (Fsp3) is 0.250. The maximum atomic E-state index is 3.64. The number of anilines is 2. The molecule has 19 heavy (non-hydrogen) atoms. The van der Waals surface area contributed by atoms with Crippen molar-refractivity contribution in [3.05, 3.63) is 55.5 Å². The highest BCUT2D eigenvalue weighted by molar-refractivity contribution is 9.11. The highest BCUT2D eigenvalue weighted by atomic mass is 79.9. The number of hydrogen-bond donors (Lipinski definition) is 1. The zero-order chi connectivity index (χ0) is 14.2. The molecule has 0 aliphatic rings. The van der Waals surface area contributed by atoms with Crippen LogP contribution >= 0.6 is 31.9 Å². The summed E-state index contributed by atoms with van der Waals surface area (Å²) in [7, 11) is 0. The minimum absolute atomic E-state index is 1.09. The lowest BCUT2D eigenvalue weighted by atomic mass is 10.1. The van der Waals surface area contributed by atoms with Crippen LogP contribution in [0, 0.1) is 27.7 Å². The van der Waals surface area contributed by atoms with Crippen molar-refractivity contribution in [3.63, 3.8) is 0 Å². The molecule has 0 bridgehead atoms. The van der Waals surface area contributed by atoms with Gasteiger partial charge in [0, 0.05) is 8.95 Å². The van der Waals surface area contributed by atoms with Crippen molar-refractivity contribution in [2.75, 3.05) is 5.32 Å². The Labute approximate surface area is 131 Å². The summed E-state index contributed by atoms with van der Waals surface area (Å²) in [4.78, 5) is 0. The first-order valence-corrected chi connectivity index (χ1v) is 7.77. The summed E-state index contributed by atoms with van der Waals surface area (Å²) >= 11 is 7.28. The molecule has 0 radical (unpaired) electrons. The predicted octanol–water partition coefficient (Wildman–Crippen LogP) is 6.19. The minimum atomic E-state index is 1.09. The molecule has 2 aromatic carbocycles. The van der Waals surface area contributed by atoms with E-state index in [0.29, 0.717) is 0 Å². The summed E-state index contributed by atoms with van der Waals surface area (Å²) in [5, 5.41) is 3.54. The monoisotopic (exact) mass is 381 g/mol. The van der Waals surface area contributed by atoms with Crippen LogP contribution in [0.2, 0.25) is 0 Å². The van der Waals surface area contributed by atoms with Gasteiger partial charge < -0.3 is 5.32 Å². The summed E-state index contributed by atoms with van der Waals surface area (Å²) in [6, 6.07) is 8.63. The normalized spacial score (nSPS) is 10.6. The van der Waals surface area contributed by atoms with Gasteiger partial charge in [-0.05, 0) is 93.9 Å². The zero-order valence-corrected chi connectivity index (χ0v) is 14.7. The minimum Gasteiger partial charge on any atom is -0.353 e. The van der Waals surface area contributed by atoms with Gasteiger partial charge in [0.15, 0.2) is 0 Å². The van der Waals surface area contributed by atoms with E-state index in [1.54, 1.807) is 0 Å². The SMILES string of the molecule is Cc1cc(C)c(Nc2c(C)cc(C)cc2Br)c(Br)c1. The van der Waals surface area contributed by atoms with Crippen LogP contribution in [0.1, 0.15) is 22.3 Å². The number of halogens is 2. The van der Waals surface area contributed by atoms with Crippen LogP contribution in [0.4, 0.5) is 11.4 Å². The lowest BCUT2D eigenvalue weighted by Gasteiger charge is -2.16. The van der Waals surface area contributed by atoms with Crippen LogP contribution in [-0.2, 0) is 0 Å². The zero-order valence-electron chi connectivity index (χ0n) is 11.6. The smallest absolute Gasteiger partial charge is 0.0558 e. The molecular weight excluding hydrogens is 366 g/mol. The second-order valence-corrected chi connectivity index (χ2v) is 6.71. The molecule has 0 aromatic heterocycles. The van der Waals surface area contributed by atoms with Crippen molar-refractivity contribution < 1.29 is 0 Å². The van der Waals surface area contributed by atoms with Crippen molar-refractivity contribution in [1.82, 2.24) is 0 Å². The van der Waals surface area contributed by atoms with Gasteiger partial charge in [0.1, 0.15) is 0 Å². The van der Waals surface area contributed by atoms with Crippen LogP contribution in [0.15, 0.2) is 33.2 Å². The second-order valence-electron chi connectivity index (χ2n) is 5.00. The topological polar surface area (TPSA) is 12.0 Å². The van der Waals surface area contributed by atoms with E-state index in [1.165, 1.54) is 22.3 Å². The Morgan fingerprint density at radius 2 is 1.05 bits per heavy atom. The molecule has 1 N–H and O–H groups in total. The molecule has 2 rings (SSSR count). The lowest BCUT2D eigenvalue weighted by molar-refractivity contribution is 1.31. The Balaban J connectivity index is 2.48. The Kier molecular flexibility index (Phi) is 4.36. The molecule has 0 heterocycles. The highest BCUT2D eigenvalue weighted by Crippen LogP contribution is 2.35. The largest absolute Gasteiger partial charge is 0.353 e. The van der Waals surface area contributed by atoms with E-state index in [-0.39, 0.29) is 0 Å². The molecule has 0 saturated heterocycles. The van der Waals surface area contributed by atoms with Crippen LogP contribution in [0.25, 0.3) is 0 Å². The van der Waals surface area contributed by atoms with E-state index < -0.39 is 0 Å². The fourth-order valence-electron chi connectivity index (χ4n) is 2.27. The Hall–Kier alpha value is -0.800. The number of nitrogens with one attached hydrogen (secondary N) is 1. The summed E-state index contributed by atoms with van der Waals surface area (Å²) in [5.41, 5.74) is 7.23. The first kappa shape index (κ1) is 14.6. The van der Waals surface area contributed by atoms with Gasteiger partial charge in [0.05, 0.1) is 11.4 Å². The average molecular weight is 383 g/mol. The standard InChI is InChI=1S/C16H17Br2N/c1-9-5-11(3)15(13(17)7-9)19-16-12(4)6-10(2)8-14(16)18/h5-8,19H,1-4H3. The maximum absolute atomic E-state index is 3.64. The van der Waals surface area contributed by atoms with E-state index in [2.05, 4.69) is 89.1 Å². The molecule has 0 saturated carbocycles. The van der Waals surface area contributed by atoms with E-state index in [9.17, 15) is 0 Å². The lowest BCUT2D eigenvalue weighted by Crippen LogP contribution is -1.99. The Bertz CT molecular complexity index is 531. The molecule has 2 aromatic rings. The van der Waals surface area contributed by atoms with Gasteiger partial charge in [-0.2, -0.15) is 0 Å². The van der Waals surface area contributed by atoms with Crippen LogP contribution in [0.5, 0.6) is 0 Å². The third kappa shape index (κ3) is 3.21. The van der Waals surface area contributed by atoms with Crippen LogP contribution in [-0.4, -0.2) is 0 Å². The van der Waals surface area contributed by atoms with E-state index >= 15 is 0 Å². The molecule has 0 spiro atoms. The molecule has 0 fully saturated rings. The highest BCUT2D eigenvalue weighted by Gasteiger charge is 2.10. The van der Waals surface area contributed by atoms with Crippen molar-refractivity contribution in [2.45, 2.75) is 27.7 Å². The molecule has 1 nitrogen and oxygen atoms in total. The predicted molar refractivity (Wildman–Crippen MR) is 90.5 cm³/mol. The van der Waals surface area contributed by atoms with Gasteiger partial charge in [0.25, 0.3) is 0 Å². The number of hydrogen-bond acceptors (Lipinski definition) is 1. The number of rotatable bonds is 2. The molecule has 0 aliphatic heterocycles. The van der Waals surface area contributed by atoms with E-state index in [0.717, 1.165) is 20.3 Å². The molecular formula is C16H17Br2N. The molecule has 100 valence electrons. The fourth-order valence-corrected chi connectivity index (χ4v) is 3.82. The van der Waals surface area contributed by atoms with Gasteiger partial charge in [-0.15, -0.1) is 0 Å². The average Bonchev–Trinajstić information content (AvgIpc) is 2.25. The van der Waals surface area contributed by atoms with Gasteiger partial charge in [-0.3, -0.25) is 0 Å². The first-order chi connectivity index (χ1) is 8.88. The third-order valence-electron chi connectivity index (χ3n) is 3.11. The molecule has 0 atom stereocenters. The Morgan fingerprint density at radius 1 is 0.684 bits per heavy atom. The molecule has 0 amide bonds. The first-order valence-electron chi connectivity index (χ1n) is 6.19. The molecule has 0 aliphatic carbocycles. The quantitative estimate of drug-likeness (QED) is 0.652. The molecule has 3 heteroatoms. The van der Waals surface area contributed by atoms with Gasteiger partial charge in [-0.25, -0.2) is 0 Å². The van der Waals surface area contributed by atoms with Crippen LogP contribution in [0.3, 0.4) is 0 Å². The summed E-state index contributed by atoms with van der Waals surface area (Å²) in [6.45, 7) is 8.46. The number of benzene rings is 2. The third-order valence-corrected chi connectivity index (χ3v) is 4.36. The molecule has 0 unspecified atom stereocenters. The van der Waals surface area contributed by atoms with Gasteiger partial charge in [-0.1, -0.05) is 12.1 Å². The van der Waals surface area contributed by atoms with Crippen molar-refractivity contribution in [3.8, 4) is 0 Å². The Morgan fingerprint density at radius 3 is 1.37 bits per heavy atom. The van der Waals surface area contributed by atoms with Crippen molar-refractivity contribution >= 4 is 43.2 Å². The summed E-state index contributed by atoms with van der Waals surface area (Å²) < 4.78 is 2.19. The van der Waals surface area contributed by atoms with Gasteiger partial charge >= 0.3 is 0 Å². The van der Waals surface area contributed by atoms with Crippen LogP contribution < -0.4 is 5.32 Å². The summed E-state index contributed by atoms with van der Waals surface area (Å²) in [5.74, 6) is 0. The van der Waals surface area contributed by atoms with Crippen molar-refractivity contribution in [2.24, 2.45) is 0 Å². The second kappa shape index (κ2) is 5.68.